The minimum Gasteiger partial charge on any atom is -0.232 e. The summed E-state index contributed by atoms with van der Waals surface area (Å²) < 4.78 is 26.3. The summed E-state index contributed by atoms with van der Waals surface area (Å²) in [5.41, 5.74) is 1.11. The molecule has 3 nitrogen and oxygen atoms in total. The third-order valence-electron chi connectivity index (χ3n) is 2.88. The lowest BCUT2D eigenvalue weighted by Crippen LogP contribution is -2.10. The summed E-state index contributed by atoms with van der Waals surface area (Å²) in [6, 6.07) is 10.3. The number of hydrogen-bond donors (Lipinski definition) is 0. The summed E-state index contributed by atoms with van der Waals surface area (Å²) in [5, 5.41) is 2.97. The van der Waals surface area contributed by atoms with E-state index < -0.39 is 10.0 Å². The second-order valence-corrected chi connectivity index (χ2v) is 6.74. The van der Waals surface area contributed by atoms with Crippen molar-refractivity contribution in [1.82, 2.24) is 3.97 Å². The Bertz CT molecular complexity index is 798. The van der Waals surface area contributed by atoms with E-state index in [9.17, 15) is 8.42 Å². The molecule has 92 valence electrons. The van der Waals surface area contributed by atoms with Crippen molar-refractivity contribution in [2.45, 2.75) is 11.8 Å². The summed E-state index contributed by atoms with van der Waals surface area (Å²) in [6.45, 7) is 1.98. The summed E-state index contributed by atoms with van der Waals surface area (Å²) in [6.07, 6.45) is 1.62. The molecule has 1 aromatic carbocycles. The van der Waals surface area contributed by atoms with Crippen molar-refractivity contribution in [1.29, 1.82) is 0 Å². The molecule has 18 heavy (non-hydrogen) atoms. The van der Waals surface area contributed by atoms with Crippen LogP contribution < -0.4 is 0 Å². The Kier molecular flexibility index (Phi) is 2.53. The monoisotopic (exact) mass is 277 g/mol. The highest BCUT2D eigenvalue weighted by molar-refractivity contribution is 7.90. The van der Waals surface area contributed by atoms with Crippen molar-refractivity contribution in [3.8, 4) is 0 Å². The first kappa shape index (κ1) is 11.5. The Morgan fingerprint density at radius 3 is 2.56 bits per heavy atom. The van der Waals surface area contributed by atoms with Gasteiger partial charge in [0.1, 0.15) is 4.83 Å². The van der Waals surface area contributed by atoms with Crippen molar-refractivity contribution >= 4 is 31.6 Å². The zero-order valence-corrected chi connectivity index (χ0v) is 11.3. The molecule has 0 radical (unpaired) electrons. The summed E-state index contributed by atoms with van der Waals surface area (Å²) >= 11 is 1.45. The molecule has 0 saturated heterocycles. The van der Waals surface area contributed by atoms with Crippen LogP contribution >= 0.6 is 11.3 Å². The van der Waals surface area contributed by atoms with Gasteiger partial charge < -0.3 is 0 Å². The number of aryl methyl sites for hydroxylation is 1. The molecule has 0 unspecified atom stereocenters. The summed E-state index contributed by atoms with van der Waals surface area (Å²) in [4.78, 5) is 1.09. The minimum absolute atomic E-state index is 0.313. The van der Waals surface area contributed by atoms with Gasteiger partial charge in [-0.15, -0.1) is 11.3 Å². The van der Waals surface area contributed by atoms with Gasteiger partial charge in [0.15, 0.2) is 0 Å². The van der Waals surface area contributed by atoms with E-state index in [1.54, 1.807) is 36.5 Å². The minimum atomic E-state index is -3.48. The number of aromatic nitrogens is 1. The molecule has 0 aliphatic heterocycles. The molecule has 0 atom stereocenters. The zero-order valence-electron chi connectivity index (χ0n) is 9.70. The van der Waals surface area contributed by atoms with Gasteiger partial charge in [0.2, 0.25) is 0 Å². The predicted molar refractivity (Wildman–Crippen MR) is 73.6 cm³/mol. The van der Waals surface area contributed by atoms with Crippen molar-refractivity contribution in [3.05, 3.63) is 53.5 Å². The van der Waals surface area contributed by atoms with Gasteiger partial charge in [0, 0.05) is 11.6 Å². The number of rotatable bonds is 2. The first-order valence-electron chi connectivity index (χ1n) is 5.46. The topological polar surface area (TPSA) is 39.1 Å². The molecule has 0 spiro atoms. The lowest BCUT2D eigenvalue weighted by Gasteiger charge is -2.05. The van der Waals surface area contributed by atoms with Gasteiger partial charge in [0.05, 0.1) is 4.90 Å². The summed E-state index contributed by atoms with van der Waals surface area (Å²) in [7, 11) is -3.48. The average Bonchev–Trinajstić information content (AvgIpc) is 2.94. The Morgan fingerprint density at radius 1 is 1.11 bits per heavy atom. The molecule has 3 rings (SSSR count). The predicted octanol–water partition coefficient (Wildman–Crippen LogP) is 3.25. The van der Waals surface area contributed by atoms with E-state index in [-0.39, 0.29) is 0 Å². The van der Waals surface area contributed by atoms with Crippen molar-refractivity contribution in [2.75, 3.05) is 0 Å². The van der Waals surface area contributed by atoms with Crippen LogP contribution in [-0.2, 0) is 10.0 Å². The fourth-order valence-corrected chi connectivity index (χ4v) is 4.54. The van der Waals surface area contributed by atoms with Crippen LogP contribution in [0.4, 0.5) is 0 Å². The molecular weight excluding hydrogens is 266 g/mol. The molecule has 0 amide bonds. The fraction of sp³-hybridized carbons (Fsp3) is 0.0769. The maximum atomic E-state index is 12.5. The molecule has 0 bridgehead atoms. The first-order valence-corrected chi connectivity index (χ1v) is 7.78. The van der Waals surface area contributed by atoms with Gasteiger partial charge in [-0.05, 0) is 36.1 Å². The number of benzene rings is 1. The van der Waals surface area contributed by atoms with E-state index >= 15 is 0 Å². The Hall–Kier alpha value is -1.59. The van der Waals surface area contributed by atoms with Gasteiger partial charge in [0.25, 0.3) is 10.0 Å². The second-order valence-electron chi connectivity index (χ2n) is 4.07. The molecule has 0 saturated carbocycles. The highest BCUT2D eigenvalue weighted by atomic mass is 32.2. The van der Waals surface area contributed by atoms with Crippen molar-refractivity contribution in [3.63, 3.8) is 0 Å². The van der Waals surface area contributed by atoms with E-state index in [0.29, 0.717) is 4.90 Å². The molecule has 2 aromatic heterocycles. The molecule has 0 N–H and O–H groups in total. The number of nitrogens with zero attached hydrogens (tertiary/aromatic N) is 1. The zero-order chi connectivity index (χ0) is 12.8. The maximum absolute atomic E-state index is 12.5. The van der Waals surface area contributed by atoms with Crippen molar-refractivity contribution in [2.24, 2.45) is 0 Å². The van der Waals surface area contributed by atoms with E-state index in [1.165, 1.54) is 15.3 Å². The number of thiophene rings is 1. The SMILES string of the molecule is Cc1csc2c1ccn2S(=O)(=O)c1ccccc1. The maximum Gasteiger partial charge on any atom is 0.268 e. The van der Waals surface area contributed by atoms with Gasteiger partial charge in [-0.2, -0.15) is 0 Å². The quantitative estimate of drug-likeness (QED) is 0.721. The Balaban J connectivity index is 2.26. The molecule has 0 aliphatic carbocycles. The molecule has 2 heterocycles. The van der Waals surface area contributed by atoms with Crippen LogP contribution in [0.25, 0.3) is 10.2 Å². The van der Waals surface area contributed by atoms with Crippen LogP contribution in [0.1, 0.15) is 5.56 Å². The van der Waals surface area contributed by atoms with E-state index in [4.69, 9.17) is 0 Å². The Labute approximate surface area is 109 Å². The van der Waals surface area contributed by atoms with Gasteiger partial charge >= 0.3 is 0 Å². The molecule has 0 fully saturated rings. The van der Waals surface area contributed by atoms with Crippen LogP contribution in [0.5, 0.6) is 0 Å². The second kappa shape index (κ2) is 3.96. The highest BCUT2D eigenvalue weighted by Crippen LogP contribution is 2.29. The first-order chi connectivity index (χ1) is 8.60. The lowest BCUT2D eigenvalue weighted by molar-refractivity contribution is 0.589. The van der Waals surface area contributed by atoms with Gasteiger partial charge in [-0.1, -0.05) is 18.2 Å². The van der Waals surface area contributed by atoms with Crippen LogP contribution in [-0.4, -0.2) is 12.4 Å². The van der Waals surface area contributed by atoms with Crippen LogP contribution in [0.3, 0.4) is 0 Å². The molecule has 0 aliphatic rings. The van der Waals surface area contributed by atoms with E-state index in [2.05, 4.69) is 0 Å². The van der Waals surface area contributed by atoms with Gasteiger partial charge in [-0.3, -0.25) is 0 Å². The normalized spacial score (nSPS) is 12.1. The largest absolute Gasteiger partial charge is 0.268 e. The fourth-order valence-electron chi connectivity index (χ4n) is 1.92. The van der Waals surface area contributed by atoms with Crippen LogP contribution in [0.2, 0.25) is 0 Å². The Morgan fingerprint density at radius 2 is 1.83 bits per heavy atom. The number of hydrogen-bond acceptors (Lipinski definition) is 3. The molecule has 3 aromatic rings. The summed E-state index contributed by atoms with van der Waals surface area (Å²) in [5.74, 6) is 0. The molecule has 5 heteroatoms. The van der Waals surface area contributed by atoms with E-state index in [1.807, 2.05) is 18.4 Å². The number of fused-ring (bicyclic) bond motifs is 1. The van der Waals surface area contributed by atoms with E-state index in [0.717, 1.165) is 15.8 Å². The lowest BCUT2D eigenvalue weighted by atomic mass is 10.3. The third kappa shape index (κ3) is 1.59. The van der Waals surface area contributed by atoms with Crippen molar-refractivity contribution < 1.29 is 8.42 Å². The highest BCUT2D eigenvalue weighted by Gasteiger charge is 2.19. The standard InChI is InChI=1S/C13H11NO2S2/c1-10-9-17-13-12(10)7-8-14(13)18(15,16)11-5-3-2-4-6-11/h2-9H,1H3. The molecular formula is C13H11NO2S2. The van der Waals surface area contributed by atoms with Crippen LogP contribution in [0.15, 0.2) is 52.9 Å². The third-order valence-corrected chi connectivity index (χ3v) is 5.80. The average molecular weight is 277 g/mol. The van der Waals surface area contributed by atoms with Crippen LogP contribution in [0, 0.1) is 6.92 Å². The smallest absolute Gasteiger partial charge is 0.232 e. The van der Waals surface area contributed by atoms with Gasteiger partial charge in [-0.25, -0.2) is 12.4 Å².